The van der Waals surface area contributed by atoms with Crippen molar-refractivity contribution in [2.75, 3.05) is 44.5 Å². The predicted octanol–water partition coefficient (Wildman–Crippen LogP) is 0.676. The Morgan fingerprint density at radius 1 is 1.57 bits per heavy atom. The number of aromatic nitrogens is 1. The third-order valence-corrected chi connectivity index (χ3v) is 4.69. The first-order valence-corrected chi connectivity index (χ1v) is 7.80. The number of nitrogens with two attached hydrogens (primary N) is 1. The first-order chi connectivity index (χ1) is 10.1. The minimum atomic E-state index is -0.200. The molecule has 1 aliphatic carbocycles. The summed E-state index contributed by atoms with van der Waals surface area (Å²) in [5, 5.41) is 15.6. The number of nitrogens with zero attached hydrogens (tertiary/aromatic N) is 1. The second-order valence-electron chi connectivity index (χ2n) is 5.31. The van der Waals surface area contributed by atoms with E-state index in [0.29, 0.717) is 29.7 Å². The summed E-state index contributed by atoms with van der Waals surface area (Å²) in [5.41, 5.74) is 5.87. The Kier molecular flexibility index (Phi) is 5.38. The van der Waals surface area contributed by atoms with E-state index in [2.05, 4.69) is 15.6 Å². The minimum absolute atomic E-state index is 0.0867. The molecule has 0 aromatic carbocycles. The van der Waals surface area contributed by atoms with Gasteiger partial charge in [0.1, 0.15) is 10.7 Å². The van der Waals surface area contributed by atoms with E-state index in [1.54, 1.807) is 7.11 Å². The topological polar surface area (TPSA) is 110 Å². The average Bonchev–Trinajstić information content (AvgIpc) is 3.12. The van der Waals surface area contributed by atoms with Gasteiger partial charge >= 0.3 is 0 Å². The van der Waals surface area contributed by atoms with Gasteiger partial charge in [-0.1, -0.05) is 11.3 Å². The number of ether oxygens (including phenoxy) is 1. The van der Waals surface area contributed by atoms with E-state index >= 15 is 0 Å². The molecular formula is C13H22N4O3S. The SMILES string of the molecule is COCCNc1nc(N)c(C(=O)NCC2(CCO)CC2)s1. The largest absolute Gasteiger partial charge is 0.396 e. The molecule has 0 unspecified atom stereocenters. The Labute approximate surface area is 127 Å². The Morgan fingerprint density at radius 3 is 2.95 bits per heavy atom. The van der Waals surface area contributed by atoms with Crippen LogP contribution in [-0.4, -0.2) is 49.4 Å². The molecule has 1 aromatic heterocycles. The number of anilines is 2. The molecule has 1 fully saturated rings. The van der Waals surface area contributed by atoms with Crippen molar-refractivity contribution in [1.82, 2.24) is 10.3 Å². The number of methoxy groups -OCH3 is 1. The van der Waals surface area contributed by atoms with Crippen molar-refractivity contribution in [3.63, 3.8) is 0 Å². The van der Waals surface area contributed by atoms with Crippen molar-refractivity contribution in [2.24, 2.45) is 5.41 Å². The highest BCUT2D eigenvalue weighted by molar-refractivity contribution is 7.18. The monoisotopic (exact) mass is 314 g/mol. The molecule has 0 spiro atoms. The molecule has 0 saturated heterocycles. The molecule has 1 amide bonds. The molecule has 21 heavy (non-hydrogen) atoms. The van der Waals surface area contributed by atoms with Crippen LogP contribution in [0.5, 0.6) is 0 Å². The Balaban J connectivity index is 1.87. The summed E-state index contributed by atoms with van der Waals surface area (Å²) in [6.07, 6.45) is 2.83. The van der Waals surface area contributed by atoms with Crippen molar-refractivity contribution in [3.8, 4) is 0 Å². The summed E-state index contributed by atoms with van der Waals surface area (Å²) in [5.74, 6) is 0.0402. The molecule has 1 aromatic rings. The number of carbonyl (C=O) groups excluding carboxylic acids is 1. The van der Waals surface area contributed by atoms with E-state index < -0.39 is 0 Å². The number of nitrogen functional groups attached to an aromatic ring is 1. The summed E-state index contributed by atoms with van der Waals surface area (Å²) in [7, 11) is 1.62. The second-order valence-corrected chi connectivity index (χ2v) is 6.31. The zero-order valence-corrected chi connectivity index (χ0v) is 13.0. The molecule has 7 nitrogen and oxygen atoms in total. The molecular weight excluding hydrogens is 292 g/mol. The maximum Gasteiger partial charge on any atom is 0.265 e. The van der Waals surface area contributed by atoms with Crippen LogP contribution in [0.15, 0.2) is 0 Å². The highest BCUT2D eigenvalue weighted by atomic mass is 32.1. The van der Waals surface area contributed by atoms with Crippen molar-refractivity contribution >= 4 is 28.2 Å². The van der Waals surface area contributed by atoms with Crippen LogP contribution < -0.4 is 16.4 Å². The molecule has 1 aliphatic rings. The molecule has 2 rings (SSSR count). The zero-order chi connectivity index (χ0) is 15.3. The van der Waals surface area contributed by atoms with Gasteiger partial charge in [-0.25, -0.2) is 4.98 Å². The smallest absolute Gasteiger partial charge is 0.265 e. The van der Waals surface area contributed by atoms with Crippen LogP contribution in [-0.2, 0) is 4.74 Å². The average molecular weight is 314 g/mol. The summed E-state index contributed by atoms with van der Waals surface area (Å²) >= 11 is 1.24. The van der Waals surface area contributed by atoms with Gasteiger partial charge < -0.3 is 26.2 Å². The van der Waals surface area contributed by atoms with Crippen molar-refractivity contribution in [2.45, 2.75) is 19.3 Å². The van der Waals surface area contributed by atoms with Gasteiger partial charge in [-0.3, -0.25) is 4.79 Å². The summed E-state index contributed by atoms with van der Waals surface area (Å²) in [6, 6.07) is 0. The number of rotatable bonds is 9. The van der Waals surface area contributed by atoms with E-state index in [0.717, 1.165) is 19.3 Å². The van der Waals surface area contributed by atoms with Gasteiger partial charge in [0, 0.05) is 26.8 Å². The van der Waals surface area contributed by atoms with Crippen molar-refractivity contribution in [1.29, 1.82) is 0 Å². The standard InChI is InChI=1S/C13H22N4O3S/c1-20-7-5-15-12-17-10(14)9(21-12)11(19)16-8-13(2-3-13)4-6-18/h18H,2-8,14H2,1H3,(H,15,17)(H,16,19). The van der Waals surface area contributed by atoms with E-state index in [4.69, 9.17) is 15.6 Å². The van der Waals surface area contributed by atoms with Crippen LogP contribution in [0, 0.1) is 5.41 Å². The number of amides is 1. The van der Waals surface area contributed by atoms with Crippen LogP contribution in [0.1, 0.15) is 28.9 Å². The van der Waals surface area contributed by atoms with Gasteiger partial charge in [-0.15, -0.1) is 0 Å². The van der Waals surface area contributed by atoms with E-state index in [-0.39, 0.29) is 23.7 Å². The Morgan fingerprint density at radius 2 is 2.33 bits per heavy atom. The maximum absolute atomic E-state index is 12.2. The summed E-state index contributed by atoms with van der Waals surface area (Å²) < 4.78 is 4.94. The highest BCUT2D eigenvalue weighted by Gasteiger charge is 2.42. The molecule has 1 saturated carbocycles. The number of nitrogens with one attached hydrogen (secondary N) is 2. The number of carbonyl (C=O) groups is 1. The van der Waals surface area contributed by atoms with Gasteiger partial charge in [-0.2, -0.15) is 0 Å². The molecule has 0 bridgehead atoms. The number of aliphatic hydroxyl groups is 1. The Hall–Kier alpha value is -1.38. The van der Waals surface area contributed by atoms with E-state index in [9.17, 15) is 4.79 Å². The number of hydrogen-bond donors (Lipinski definition) is 4. The molecule has 5 N–H and O–H groups in total. The van der Waals surface area contributed by atoms with Crippen LogP contribution >= 0.6 is 11.3 Å². The molecule has 0 atom stereocenters. The fraction of sp³-hybridized carbons (Fsp3) is 0.692. The molecule has 0 aliphatic heterocycles. The first-order valence-electron chi connectivity index (χ1n) is 6.98. The lowest BCUT2D eigenvalue weighted by Crippen LogP contribution is -2.30. The molecule has 1 heterocycles. The second kappa shape index (κ2) is 7.06. The third-order valence-electron chi connectivity index (χ3n) is 3.67. The van der Waals surface area contributed by atoms with Crippen LogP contribution in [0.3, 0.4) is 0 Å². The number of aliphatic hydroxyl groups excluding tert-OH is 1. The van der Waals surface area contributed by atoms with Crippen LogP contribution in [0.4, 0.5) is 10.9 Å². The molecule has 8 heteroatoms. The summed E-state index contributed by atoms with van der Waals surface area (Å²) in [4.78, 5) is 16.7. The number of hydrogen-bond acceptors (Lipinski definition) is 7. The summed E-state index contributed by atoms with van der Waals surface area (Å²) in [6.45, 7) is 1.91. The normalized spacial score (nSPS) is 15.7. The predicted molar refractivity (Wildman–Crippen MR) is 82.6 cm³/mol. The lowest BCUT2D eigenvalue weighted by Gasteiger charge is -2.13. The van der Waals surface area contributed by atoms with E-state index in [1.807, 2.05) is 0 Å². The van der Waals surface area contributed by atoms with Gasteiger partial charge in [0.05, 0.1) is 6.61 Å². The maximum atomic E-state index is 12.2. The van der Waals surface area contributed by atoms with Crippen molar-refractivity contribution < 1.29 is 14.6 Å². The van der Waals surface area contributed by atoms with Gasteiger partial charge in [0.25, 0.3) is 5.91 Å². The van der Waals surface area contributed by atoms with Crippen LogP contribution in [0.2, 0.25) is 0 Å². The molecule has 0 radical (unpaired) electrons. The highest BCUT2D eigenvalue weighted by Crippen LogP contribution is 2.47. The van der Waals surface area contributed by atoms with Crippen LogP contribution in [0.25, 0.3) is 0 Å². The lowest BCUT2D eigenvalue weighted by atomic mass is 10.0. The number of thiazole rings is 1. The van der Waals surface area contributed by atoms with Gasteiger partial charge in [-0.05, 0) is 24.7 Å². The van der Waals surface area contributed by atoms with Crippen molar-refractivity contribution in [3.05, 3.63) is 4.88 Å². The zero-order valence-electron chi connectivity index (χ0n) is 12.1. The lowest BCUT2D eigenvalue weighted by molar-refractivity contribution is 0.0945. The van der Waals surface area contributed by atoms with E-state index in [1.165, 1.54) is 11.3 Å². The Bertz CT molecular complexity index is 488. The minimum Gasteiger partial charge on any atom is -0.396 e. The molecule has 118 valence electrons. The van der Waals surface area contributed by atoms with Gasteiger partial charge in [0.2, 0.25) is 0 Å². The fourth-order valence-electron chi connectivity index (χ4n) is 2.11. The quantitative estimate of drug-likeness (QED) is 0.499. The van der Waals surface area contributed by atoms with Gasteiger partial charge in [0.15, 0.2) is 5.13 Å². The first kappa shape index (κ1) is 16.0. The fourth-order valence-corrected chi connectivity index (χ4v) is 2.93. The third kappa shape index (κ3) is 4.29.